The second-order valence-corrected chi connectivity index (χ2v) is 7.97. The van der Waals surface area contributed by atoms with Crippen molar-refractivity contribution in [2.24, 2.45) is 5.92 Å². The van der Waals surface area contributed by atoms with E-state index >= 15 is 0 Å². The molecule has 0 heterocycles. The number of hydrogen-bond acceptors (Lipinski definition) is 5. The van der Waals surface area contributed by atoms with Crippen LogP contribution in [0.15, 0.2) is 66.7 Å². The van der Waals surface area contributed by atoms with Gasteiger partial charge in [-0.15, -0.1) is 0 Å². The maximum Gasteiger partial charge on any atom is 0.338 e. The summed E-state index contributed by atoms with van der Waals surface area (Å²) in [4.78, 5) is 37.1. The number of esters is 1. The fraction of sp³-hybridized carbons (Fsp3) is 0.222. The highest BCUT2D eigenvalue weighted by Crippen LogP contribution is 2.36. The van der Waals surface area contributed by atoms with Crippen LogP contribution in [0, 0.1) is 5.92 Å². The minimum atomic E-state index is -0.613. The molecule has 1 N–H and O–H groups in total. The molecule has 0 aromatic heterocycles. The Labute approximate surface area is 193 Å². The summed E-state index contributed by atoms with van der Waals surface area (Å²) in [6.45, 7) is 4.80. The zero-order valence-corrected chi connectivity index (χ0v) is 19.0. The summed E-state index contributed by atoms with van der Waals surface area (Å²) in [6, 6.07) is 19.5. The quantitative estimate of drug-likeness (QED) is 0.374. The van der Waals surface area contributed by atoms with Gasteiger partial charge in [0.2, 0.25) is 0 Å². The first-order valence-electron chi connectivity index (χ1n) is 10.7. The van der Waals surface area contributed by atoms with Crippen molar-refractivity contribution >= 4 is 18.2 Å². The van der Waals surface area contributed by atoms with Crippen LogP contribution < -0.4 is 10.1 Å². The predicted molar refractivity (Wildman–Crippen MR) is 127 cm³/mol. The van der Waals surface area contributed by atoms with Gasteiger partial charge in [0.05, 0.1) is 12.7 Å². The van der Waals surface area contributed by atoms with E-state index in [1.807, 2.05) is 44.2 Å². The van der Waals surface area contributed by atoms with E-state index < -0.39 is 5.97 Å². The van der Waals surface area contributed by atoms with Gasteiger partial charge in [0.15, 0.2) is 6.29 Å². The van der Waals surface area contributed by atoms with E-state index in [4.69, 9.17) is 9.47 Å². The van der Waals surface area contributed by atoms with Gasteiger partial charge in [0, 0.05) is 28.8 Å². The summed E-state index contributed by atoms with van der Waals surface area (Å²) in [5.41, 5.74) is 2.75. The monoisotopic (exact) mass is 445 g/mol. The molecule has 0 saturated heterocycles. The van der Waals surface area contributed by atoms with Gasteiger partial charge in [-0.25, -0.2) is 4.79 Å². The number of carbonyl (C=O) groups excluding carboxylic acids is 3. The molecule has 33 heavy (non-hydrogen) atoms. The van der Waals surface area contributed by atoms with Crippen molar-refractivity contribution in [3.8, 4) is 16.9 Å². The van der Waals surface area contributed by atoms with E-state index in [-0.39, 0.29) is 17.4 Å². The Morgan fingerprint density at radius 2 is 1.76 bits per heavy atom. The topological polar surface area (TPSA) is 81.7 Å². The number of methoxy groups -OCH3 is 1. The highest BCUT2D eigenvalue weighted by molar-refractivity contribution is 6.04. The number of benzene rings is 3. The highest BCUT2D eigenvalue weighted by Gasteiger charge is 2.21. The summed E-state index contributed by atoms with van der Waals surface area (Å²) in [5.74, 6) is -0.162. The van der Waals surface area contributed by atoms with Crippen LogP contribution >= 0.6 is 0 Å². The SMILES string of the molecule is COC(=O)c1cc(C(=O)NCC(C)C)ccc1-c1c(C=O)cccc1OCc1ccccc1. The number of rotatable bonds is 9. The minimum Gasteiger partial charge on any atom is -0.488 e. The second-order valence-electron chi connectivity index (χ2n) is 7.97. The Morgan fingerprint density at radius 1 is 1.00 bits per heavy atom. The van der Waals surface area contributed by atoms with Gasteiger partial charge in [-0.05, 0) is 29.7 Å². The Morgan fingerprint density at radius 3 is 2.42 bits per heavy atom. The van der Waals surface area contributed by atoms with Crippen molar-refractivity contribution in [3.05, 3.63) is 89.0 Å². The lowest BCUT2D eigenvalue weighted by Gasteiger charge is -2.17. The molecule has 0 atom stereocenters. The zero-order valence-electron chi connectivity index (χ0n) is 19.0. The van der Waals surface area contributed by atoms with E-state index in [1.54, 1.807) is 30.3 Å². The molecule has 0 saturated carbocycles. The van der Waals surface area contributed by atoms with Crippen LogP contribution in [-0.4, -0.2) is 31.8 Å². The van der Waals surface area contributed by atoms with Crippen LogP contribution in [0.1, 0.15) is 50.5 Å². The molecule has 1 amide bonds. The van der Waals surface area contributed by atoms with E-state index in [0.717, 1.165) is 11.8 Å². The average molecular weight is 446 g/mol. The molecule has 0 aliphatic rings. The Hall–Kier alpha value is -3.93. The van der Waals surface area contributed by atoms with Crippen LogP contribution in [0.4, 0.5) is 0 Å². The third-order valence-electron chi connectivity index (χ3n) is 5.05. The van der Waals surface area contributed by atoms with Crippen LogP contribution in [-0.2, 0) is 11.3 Å². The lowest BCUT2D eigenvalue weighted by atomic mass is 9.93. The van der Waals surface area contributed by atoms with Crippen molar-refractivity contribution in [3.63, 3.8) is 0 Å². The fourth-order valence-corrected chi connectivity index (χ4v) is 3.37. The Balaban J connectivity index is 2.05. The lowest BCUT2D eigenvalue weighted by Crippen LogP contribution is -2.27. The van der Waals surface area contributed by atoms with Crippen molar-refractivity contribution in [1.82, 2.24) is 5.32 Å². The smallest absolute Gasteiger partial charge is 0.338 e. The molecule has 3 rings (SSSR count). The van der Waals surface area contributed by atoms with Gasteiger partial charge >= 0.3 is 5.97 Å². The molecule has 6 heteroatoms. The summed E-state index contributed by atoms with van der Waals surface area (Å²) in [5, 5.41) is 2.84. The first-order chi connectivity index (χ1) is 15.9. The Bertz CT molecular complexity index is 1140. The fourth-order valence-electron chi connectivity index (χ4n) is 3.37. The molecule has 0 aliphatic carbocycles. The largest absolute Gasteiger partial charge is 0.488 e. The molecule has 0 aliphatic heterocycles. The van der Waals surface area contributed by atoms with Crippen LogP contribution in [0.3, 0.4) is 0 Å². The van der Waals surface area contributed by atoms with Crippen molar-refractivity contribution < 1.29 is 23.9 Å². The normalized spacial score (nSPS) is 10.5. The zero-order chi connectivity index (χ0) is 23.8. The third-order valence-corrected chi connectivity index (χ3v) is 5.05. The summed E-state index contributed by atoms with van der Waals surface area (Å²) >= 11 is 0. The molecule has 0 unspecified atom stereocenters. The molecular formula is C27H27NO5. The molecular weight excluding hydrogens is 418 g/mol. The number of nitrogens with one attached hydrogen (secondary N) is 1. The molecule has 0 radical (unpaired) electrons. The molecule has 170 valence electrons. The number of carbonyl (C=O) groups is 3. The number of ether oxygens (including phenoxy) is 2. The molecule has 0 fully saturated rings. The highest BCUT2D eigenvalue weighted by atomic mass is 16.5. The van der Waals surface area contributed by atoms with Crippen molar-refractivity contribution in [2.45, 2.75) is 20.5 Å². The van der Waals surface area contributed by atoms with Gasteiger partial charge in [-0.3, -0.25) is 9.59 Å². The van der Waals surface area contributed by atoms with E-state index in [0.29, 0.717) is 41.2 Å². The van der Waals surface area contributed by atoms with Gasteiger partial charge in [0.25, 0.3) is 5.91 Å². The van der Waals surface area contributed by atoms with Crippen LogP contribution in [0.2, 0.25) is 0 Å². The predicted octanol–water partition coefficient (Wildman–Crippen LogP) is 4.92. The summed E-state index contributed by atoms with van der Waals surface area (Å²) in [7, 11) is 1.27. The summed E-state index contributed by atoms with van der Waals surface area (Å²) < 4.78 is 11.0. The number of hydrogen-bond donors (Lipinski definition) is 1. The van der Waals surface area contributed by atoms with Crippen molar-refractivity contribution in [2.75, 3.05) is 13.7 Å². The average Bonchev–Trinajstić information content (AvgIpc) is 2.85. The van der Waals surface area contributed by atoms with Crippen molar-refractivity contribution in [1.29, 1.82) is 0 Å². The van der Waals surface area contributed by atoms with E-state index in [1.165, 1.54) is 13.2 Å². The maximum atomic E-state index is 12.7. The third kappa shape index (κ3) is 5.86. The Kier molecular flexibility index (Phi) is 7.97. The molecule has 0 bridgehead atoms. The van der Waals surface area contributed by atoms with E-state index in [2.05, 4.69) is 5.32 Å². The molecule has 0 spiro atoms. The van der Waals surface area contributed by atoms with Crippen LogP contribution in [0.5, 0.6) is 5.75 Å². The lowest BCUT2D eigenvalue weighted by molar-refractivity contribution is 0.0601. The minimum absolute atomic E-state index is 0.175. The van der Waals surface area contributed by atoms with Gasteiger partial charge in [-0.1, -0.05) is 62.4 Å². The molecule has 6 nitrogen and oxygen atoms in total. The van der Waals surface area contributed by atoms with Gasteiger partial charge < -0.3 is 14.8 Å². The first-order valence-corrected chi connectivity index (χ1v) is 10.7. The second kappa shape index (κ2) is 11.1. The maximum absolute atomic E-state index is 12.7. The van der Waals surface area contributed by atoms with Gasteiger partial charge in [0.1, 0.15) is 12.4 Å². The van der Waals surface area contributed by atoms with E-state index in [9.17, 15) is 14.4 Å². The molecule has 3 aromatic carbocycles. The number of aldehydes is 1. The standard InChI is InChI=1S/C27H27NO5/c1-18(2)15-28-26(30)20-12-13-22(23(14-20)27(31)32-3)25-21(16-29)10-7-11-24(25)33-17-19-8-5-4-6-9-19/h4-14,16,18H,15,17H2,1-3H3,(H,28,30). The van der Waals surface area contributed by atoms with Gasteiger partial charge in [-0.2, -0.15) is 0 Å². The summed E-state index contributed by atoms with van der Waals surface area (Å²) in [6.07, 6.45) is 0.717. The molecule has 3 aromatic rings. The first kappa shape index (κ1) is 23.7. The van der Waals surface area contributed by atoms with Crippen LogP contribution in [0.25, 0.3) is 11.1 Å². The number of amides is 1.